The van der Waals surface area contributed by atoms with Crippen molar-refractivity contribution in [3.63, 3.8) is 0 Å². The normalized spacial score (nSPS) is 11.0. The van der Waals surface area contributed by atoms with Crippen molar-refractivity contribution in [1.82, 2.24) is 15.0 Å². The Morgan fingerprint density at radius 3 is 1.63 bits per heavy atom. The monoisotopic (exact) mass is 587 g/mol. The highest BCUT2D eigenvalue weighted by Crippen LogP contribution is 2.35. The van der Waals surface area contributed by atoms with Gasteiger partial charge in [-0.2, -0.15) is 0 Å². The summed E-state index contributed by atoms with van der Waals surface area (Å²) in [5, 5.41) is 2.28. The molecule has 0 radical (unpaired) electrons. The molecule has 0 fully saturated rings. The SMILES string of the molecule is c1ccc(-c2cccc(-c3cc(-c4ccccc4-c4ccccc4)nc(-c4cccc(-c5cc6ccccc6cn5)c4)n3)c2)cc1. The van der Waals surface area contributed by atoms with E-state index in [2.05, 4.69) is 152 Å². The number of aromatic nitrogens is 3. The zero-order valence-corrected chi connectivity index (χ0v) is 25.1. The van der Waals surface area contributed by atoms with E-state index in [1.54, 1.807) is 0 Å². The van der Waals surface area contributed by atoms with Crippen LogP contribution < -0.4 is 0 Å². The van der Waals surface area contributed by atoms with Crippen molar-refractivity contribution in [3.05, 3.63) is 176 Å². The smallest absolute Gasteiger partial charge is 0.160 e. The Hall–Kier alpha value is -6.19. The lowest BCUT2D eigenvalue weighted by atomic mass is 9.96. The van der Waals surface area contributed by atoms with E-state index in [0.29, 0.717) is 5.82 Å². The number of pyridine rings is 1. The molecule has 2 heterocycles. The van der Waals surface area contributed by atoms with Gasteiger partial charge < -0.3 is 0 Å². The molecular formula is C43H29N3. The lowest BCUT2D eigenvalue weighted by molar-refractivity contribution is 1.18. The number of fused-ring (bicyclic) bond motifs is 1. The van der Waals surface area contributed by atoms with Crippen LogP contribution in [0.1, 0.15) is 0 Å². The summed E-state index contributed by atoms with van der Waals surface area (Å²) in [6.07, 6.45) is 1.94. The summed E-state index contributed by atoms with van der Waals surface area (Å²) in [6, 6.07) is 58.9. The van der Waals surface area contributed by atoms with E-state index in [0.717, 1.165) is 66.8 Å². The molecule has 0 aliphatic rings. The Morgan fingerprint density at radius 2 is 0.848 bits per heavy atom. The Morgan fingerprint density at radius 1 is 0.304 bits per heavy atom. The van der Waals surface area contributed by atoms with Crippen LogP contribution in [0.5, 0.6) is 0 Å². The zero-order chi connectivity index (χ0) is 30.7. The molecule has 0 N–H and O–H groups in total. The van der Waals surface area contributed by atoms with Gasteiger partial charge in [-0.25, -0.2) is 9.97 Å². The molecule has 3 heteroatoms. The van der Waals surface area contributed by atoms with E-state index in [-0.39, 0.29) is 0 Å². The fourth-order valence-electron chi connectivity index (χ4n) is 5.99. The fourth-order valence-corrected chi connectivity index (χ4v) is 5.99. The maximum atomic E-state index is 5.22. The van der Waals surface area contributed by atoms with Crippen molar-refractivity contribution in [1.29, 1.82) is 0 Å². The average molecular weight is 588 g/mol. The zero-order valence-electron chi connectivity index (χ0n) is 25.1. The predicted molar refractivity (Wildman–Crippen MR) is 190 cm³/mol. The van der Waals surface area contributed by atoms with Crippen LogP contribution in [0.25, 0.3) is 78.2 Å². The van der Waals surface area contributed by atoms with Crippen LogP contribution >= 0.6 is 0 Å². The Bertz CT molecular complexity index is 2310. The highest BCUT2D eigenvalue weighted by atomic mass is 14.9. The molecule has 8 aromatic rings. The first-order valence-corrected chi connectivity index (χ1v) is 15.4. The Kier molecular flexibility index (Phi) is 7.18. The van der Waals surface area contributed by atoms with Crippen LogP contribution in [-0.4, -0.2) is 15.0 Å². The van der Waals surface area contributed by atoms with Crippen molar-refractivity contribution in [2.75, 3.05) is 0 Å². The van der Waals surface area contributed by atoms with Crippen LogP contribution in [0.2, 0.25) is 0 Å². The number of nitrogens with zero attached hydrogens (tertiary/aromatic N) is 3. The van der Waals surface area contributed by atoms with E-state index in [1.165, 1.54) is 5.56 Å². The third-order valence-corrected chi connectivity index (χ3v) is 8.33. The third kappa shape index (κ3) is 5.47. The van der Waals surface area contributed by atoms with Crippen molar-refractivity contribution < 1.29 is 0 Å². The van der Waals surface area contributed by atoms with Crippen molar-refractivity contribution >= 4 is 10.8 Å². The van der Waals surface area contributed by atoms with Crippen LogP contribution in [0.4, 0.5) is 0 Å². The van der Waals surface area contributed by atoms with Gasteiger partial charge in [0.05, 0.1) is 17.1 Å². The molecule has 0 amide bonds. The standard InChI is InChI=1S/C43H29N3/c1-3-13-30(14-4-1)32-19-11-21-35(25-32)41-28-42(39-24-10-9-23-38(39)31-15-5-2-6-16-31)46-43(45-41)36-22-12-20-34(26-36)40-27-33-17-7-8-18-37(33)29-44-40/h1-29H. The maximum Gasteiger partial charge on any atom is 0.160 e. The van der Waals surface area contributed by atoms with Gasteiger partial charge >= 0.3 is 0 Å². The molecule has 216 valence electrons. The maximum absolute atomic E-state index is 5.22. The largest absolute Gasteiger partial charge is 0.256 e. The molecule has 3 nitrogen and oxygen atoms in total. The lowest BCUT2D eigenvalue weighted by Gasteiger charge is -2.14. The van der Waals surface area contributed by atoms with Gasteiger partial charge in [0.1, 0.15) is 0 Å². The van der Waals surface area contributed by atoms with Crippen molar-refractivity contribution in [2.24, 2.45) is 0 Å². The Balaban J connectivity index is 1.30. The van der Waals surface area contributed by atoms with Gasteiger partial charge in [-0.15, -0.1) is 0 Å². The van der Waals surface area contributed by atoms with Gasteiger partial charge in [-0.3, -0.25) is 4.98 Å². The molecule has 0 unspecified atom stereocenters. The predicted octanol–water partition coefficient (Wildman–Crippen LogP) is 11.0. The highest BCUT2D eigenvalue weighted by Gasteiger charge is 2.15. The average Bonchev–Trinajstić information content (AvgIpc) is 3.15. The first-order valence-electron chi connectivity index (χ1n) is 15.4. The summed E-state index contributed by atoms with van der Waals surface area (Å²) in [7, 11) is 0. The number of hydrogen-bond acceptors (Lipinski definition) is 3. The number of rotatable bonds is 6. The first-order chi connectivity index (χ1) is 22.8. The van der Waals surface area contributed by atoms with Gasteiger partial charge in [0, 0.05) is 33.8 Å². The van der Waals surface area contributed by atoms with Gasteiger partial charge in [0.2, 0.25) is 0 Å². The summed E-state index contributed by atoms with van der Waals surface area (Å²) in [4.78, 5) is 15.2. The summed E-state index contributed by atoms with van der Waals surface area (Å²) >= 11 is 0. The number of hydrogen-bond donors (Lipinski definition) is 0. The van der Waals surface area contributed by atoms with E-state index in [9.17, 15) is 0 Å². The molecule has 0 spiro atoms. The highest BCUT2D eigenvalue weighted by molar-refractivity contribution is 5.87. The van der Waals surface area contributed by atoms with E-state index in [4.69, 9.17) is 15.0 Å². The van der Waals surface area contributed by atoms with Crippen LogP contribution in [0, 0.1) is 0 Å². The minimum Gasteiger partial charge on any atom is -0.256 e. The Labute approximate surface area is 268 Å². The lowest BCUT2D eigenvalue weighted by Crippen LogP contribution is -1.97. The second kappa shape index (κ2) is 12.1. The molecule has 2 aromatic heterocycles. The summed E-state index contributed by atoms with van der Waals surface area (Å²) < 4.78 is 0. The summed E-state index contributed by atoms with van der Waals surface area (Å²) in [5.41, 5.74) is 11.3. The third-order valence-electron chi connectivity index (χ3n) is 8.33. The van der Waals surface area contributed by atoms with E-state index >= 15 is 0 Å². The molecule has 0 bridgehead atoms. The van der Waals surface area contributed by atoms with Crippen molar-refractivity contribution in [2.45, 2.75) is 0 Å². The molecule has 0 atom stereocenters. The molecule has 0 aliphatic carbocycles. The summed E-state index contributed by atoms with van der Waals surface area (Å²) in [5.74, 6) is 0.670. The van der Waals surface area contributed by atoms with Crippen LogP contribution in [0.3, 0.4) is 0 Å². The molecule has 6 aromatic carbocycles. The van der Waals surface area contributed by atoms with Gasteiger partial charge in [-0.05, 0) is 51.9 Å². The second-order valence-corrected chi connectivity index (χ2v) is 11.3. The van der Waals surface area contributed by atoms with Gasteiger partial charge in [0.25, 0.3) is 0 Å². The quantitative estimate of drug-likeness (QED) is 0.194. The van der Waals surface area contributed by atoms with Gasteiger partial charge in [-0.1, -0.05) is 146 Å². The van der Waals surface area contributed by atoms with E-state index < -0.39 is 0 Å². The number of benzene rings is 6. The molecule has 0 aliphatic heterocycles. The minimum atomic E-state index is 0.670. The minimum absolute atomic E-state index is 0.670. The summed E-state index contributed by atoms with van der Waals surface area (Å²) in [6.45, 7) is 0. The topological polar surface area (TPSA) is 38.7 Å². The molecule has 0 saturated heterocycles. The van der Waals surface area contributed by atoms with Crippen LogP contribution in [-0.2, 0) is 0 Å². The van der Waals surface area contributed by atoms with Crippen LogP contribution in [0.15, 0.2) is 176 Å². The molecule has 46 heavy (non-hydrogen) atoms. The molecular weight excluding hydrogens is 558 g/mol. The van der Waals surface area contributed by atoms with E-state index in [1.807, 2.05) is 24.4 Å². The van der Waals surface area contributed by atoms with Gasteiger partial charge in [0.15, 0.2) is 5.82 Å². The first kappa shape index (κ1) is 27.4. The second-order valence-electron chi connectivity index (χ2n) is 11.3. The fraction of sp³-hybridized carbons (Fsp3) is 0. The van der Waals surface area contributed by atoms with Crippen molar-refractivity contribution in [3.8, 4) is 67.4 Å². The molecule has 0 saturated carbocycles. The molecule has 8 rings (SSSR count).